The van der Waals surface area contributed by atoms with Gasteiger partial charge in [0.1, 0.15) is 17.6 Å². The van der Waals surface area contributed by atoms with Crippen LogP contribution in [0.25, 0.3) is 0 Å². The molecule has 2 aliphatic carbocycles. The minimum absolute atomic E-state index is 0.0850. The third-order valence-electron chi connectivity index (χ3n) is 10.0. The third kappa shape index (κ3) is 5.73. The maximum Gasteiger partial charge on any atom is 0.303 e. The lowest BCUT2D eigenvalue weighted by Crippen LogP contribution is -2.53. The topological polar surface area (TPSA) is 101 Å². The van der Waals surface area contributed by atoms with E-state index in [4.69, 9.17) is 4.74 Å². The van der Waals surface area contributed by atoms with Crippen LogP contribution in [0.1, 0.15) is 107 Å². The van der Waals surface area contributed by atoms with E-state index in [1.54, 1.807) is 6.92 Å². The fourth-order valence-corrected chi connectivity index (χ4v) is 7.11. The summed E-state index contributed by atoms with van der Waals surface area (Å²) >= 11 is 0. The van der Waals surface area contributed by atoms with Crippen LogP contribution in [0, 0.1) is 34.5 Å². The lowest BCUT2D eigenvalue weighted by molar-refractivity contribution is -0.138. The lowest BCUT2D eigenvalue weighted by atomic mass is 9.48. The molecule has 1 heterocycles. The summed E-state index contributed by atoms with van der Waals surface area (Å²) in [6, 6.07) is 0. The van der Waals surface area contributed by atoms with Crippen molar-refractivity contribution in [1.82, 2.24) is 0 Å². The van der Waals surface area contributed by atoms with Gasteiger partial charge in [0, 0.05) is 11.5 Å². The second-order valence-electron chi connectivity index (χ2n) is 13.5. The average molecular weight is 555 g/mol. The Morgan fingerprint density at radius 1 is 1.18 bits per heavy atom. The van der Waals surface area contributed by atoms with Gasteiger partial charge in [0.05, 0.1) is 23.3 Å². The van der Waals surface area contributed by atoms with E-state index in [1.807, 2.05) is 33.8 Å². The zero-order valence-corrected chi connectivity index (χ0v) is 25.9. The first-order chi connectivity index (χ1) is 18.6. The molecule has 6 nitrogen and oxygen atoms in total. The van der Waals surface area contributed by atoms with Crippen LogP contribution in [-0.2, 0) is 19.1 Å². The second-order valence-corrected chi connectivity index (χ2v) is 13.5. The van der Waals surface area contributed by atoms with Crippen LogP contribution in [0.4, 0.5) is 0 Å². The molecule has 222 valence electrons. The summed E-state index contributed by atoms with van der Waals surface area (Å²) < 4.78 is 6.46. The minimum atomic E-state index is -1.19. The van der Waals surface area contributed by atoms with Crippen molar-refractivity contribution < 1.29 is 29.3 Å². The first-order valence-corrected chi connectivity index (χ1v) is 15.0. The van der Waals surface area contributed by atoms with Crippen molar-refractivity contribution in [2.24, 2.45) is 34.5 Å². The van der Waals surface area contributed by atoms with Crippen molar-refractivity contribution in [2.75, 3.05) is 0 Å². The molecule has 1 saturated carbocycles. The molecule has 2 N–H and O–H groups in total. The van der Waals surface area contributed by atoms with E-state index in [9.17, 15) is 24.6 Å². The largest absolute Gasteiger partial charge is 0.507 e. The number of hydrogen-bond donors (Lipinski definition) is 2. The molecule has 6 heteroatoms. The highest BCUT2D eigenvalue weighted by molar-refractivity contribution is 6.12. The second kappa shape index (κ2) is 12.1. The van der Waals surface area contributed by atoms with Crippen molar-refractivity contribution in [3.8, 4) is 0 Å². The average Bonchev–Trinajstić information content (AvgIpc) is 2.85. The number of aliphatic hydroxyl groups is 1. The van der Waals surface area contributed by atoms with Crippen LogP contribution >= 0.6 is 0 Å². The van der Waals surface area contributed by atoms with Crippen LogP contribution in [0.15, 0.2) is 46.5 Å². The summed E-state index contributed by atoms with van der Waals surface area (Å²) in [7, 11) is 0. The zero-order chi connectivity index (χ0) is 30.2. The fourth-order valence-electron chi connectivity index (χ4n) is 7.11. The van der Waals surface area contributed by atoms with Crippen LogP contribution in [0.5, 0.6) is 0 Å². The van der Waals surface area contributed by atoms with Gasteiger partial charge in [-0.15, -0.1) is 0 Å². The molecule has 3 aliphatic rings. The predicted octanol–water partition coefficient (Wildman–Crippen LogP) is 7.90. The highest BCUT2D eigenvalue weighted by atomic mass is 16.5. The predicted molar refractivity (Wildman–Crippen MR) is 158 cm³/mol. The Labute approximate surface area is 240 Å². The molecule has 6 atom stereocenters. The fraction of sp³-hybridized carbons (Fsp3) is 0.676. The van der Waals surface area contributed by atoms with Gasteiger partial charge in [-0.2, -0.15) is 0 Å². The van der Waals surface area contributed by atoms with Crippen LogP contribution in [0.3, 0.4) is 0 Å². The smallest absolute Gasteiger partial charge is 0.303 e. The Kier molecular flexibility index (Phi) is 9.63. The Hall–Kier alpha value is -2.63. The molecule has 6 unspecified atom stereocenters. The number of ketones is 2. The molecule has 0 amide bonds. The molecule has 3 rings (SSSR count). The van der Waals surface area contributed by atoms with E-state index in [0.717, 1.165) is 36.8 Å². The molecule has 1 fully saturated rings. The van der Waals surface area contributed by atoms with Crippen molar-refractivity contribution in [3.05, 3.63) is 46.5 Å². The summed E-state index contributed by atoms with van der Waals surface area (Å²) in [5.74, 6) is -2.33. The number of ether oxygens (including phenoxy) is 1. The summed E-state index contributed by atoms with van der Waals surface area (Å²) in [6.45, 7) is 20.3. The molecule has 0 spiro atoms. The quantitative estimate of drug-likeness (QED) is 0.188. The maximum atomic E-state index is 14.9. The van der Waals surface area contributed by atoms with Gasteiger partial charge in [-0.25, -0.2) is 0 Å². The number of carboxylic acid groups (broad SMARTS) is 1. The van der Waals surface area contributed by atoms with E-state index in [0.29, 0.717) is 25.2 Å². The SMILES string of the molecule is C=C(C)C1CC(CC2(CC=C(C)C)C(=O)C(C(CCCCC)CC(=O)O)=C(O)C3=C2OC(C)C(C)C3=O)C1(C)C. The highest BCUT2D eigenvalue weighted by Crippen LogP contribution is 2.61. The molecule has 0 radical (unpaired) electrons. The summed E-state index contributed by atoms with van der Waals surface area (Å²) in [4.78, 5) is 40.7. The van der Waals surface area contributed by atoms with E-state index in [-0.39, 0.29) is 52.0 Å². The van der Waals surface area contributed by atoms with Gasteiger partial charge in [-0.3, -0.25) is 14.4 Å². The Morgan fingerprint density at radius 3 is 2.35 bits per heavy atom. The summed E-state index contributed by atoms with van der Waals surface area (Å²) in [5, 5.41) is 21.5. The van der Waals surface area contributed by atoms with Crippen molar-refractivity contribution >= 4 is 17.5 Å². The molecule has 1 aliphatic heterocycles. The molecule has 0 aromatic heterocycles. The van der Waals surface area contributed by atoms with Crippen LogP contribution in [0.2, 0.25) is 0 Å². The number of carboxylic acids is 1. The Morgan fingerprint density at radius 2 is 1.82 bits per heavy atom. The van der Waals surface area contributed by atoms with E-state index < -0.39 is 29.3 Å². The summed E-state index contributed by atoms with van der Waals surface area (Å²) in [6.07, 6.45) is 6.01. The minimum Gasteiger partial charge on any atom is -0.507 e. The molecule has 0 bridgehead atoms. The first-order valence-electron chi connectivity index (χ1n) is 15.0. The zero-order valence-electron chi connectivity index (χ0n) is 25.9. The van der Waals surface area contributed by atoms with Gasteiger partial charge >= 0.3 is 5.97 Å². The number of carbonyl (C=O) groups is 3. The van der Waals surface area contributed by atoms with Gasteiger partial charge in [0.25, 0.3) is 0 Å². The van der Waals surface area contributed by atoms with Crippen molar-refractivity contribution in [2.45, 2.75) is 113 Å². The number of carbonyl (C=O) groups excluding carboxylic acids is 2. The first kappa shape index (κ1) is 31.9. The van der Waals surface area contributed by atoms with Crippen molar-refractivity contribution in [1.29, 1.82) is 0 Å². The number of Topliss-reactive ketones (excluding diaryl/α,β-unsaturated/α-hetero) is 2. The van der Waals surface area contributed by atoms with Gasteiger partial charge < -0.3 is 14.9 Å². The van der Waals surface area contributed by atoms with E-state index in [2.05, 4.69) is 27.4 Å². The van der Waals surface area contributed by atoms with Crippen LogP contribution in [-0.4, -0.2) is 33.9 Å². The van der Waals surface area contributed by atoms with Gasteiger partial charge in [0.15, 0.2) is 11.6 Å². The monoisotopic (exact) mass is 554 g/mol. The Bertz CT molecular complexity index is 1150. The van der Waals surface area contributed by atoms with Gasteiger partial charge in [-0.1, -0.05) is 70.8 Å². The van der Waals surface area contributed by atoms with Gasteiger partial charge in [0.2, 0.25) is 0 Å². The number of aliphatic hydroxyl groups excluding tert-OH is 1. The molecule has 0 saturated heterocycles. The molecule has 0 aromatic carbocycles. The normalized spacial score (nSPS) is 30.3. The maximum absolute atomic E-state index is 14.9. The molecule has 40 heavy (non-hydrogen) atoms. The number of hydrogen-bond acceptors (Lipinski definition) is 5. The number of aliphatic carboxylic acids is 1. The van der Waals surface area contributed by atoms with Gasteiger partial charge in [-0.05, 0) is 70.6 Å². The number of rotatable bonds is 12. The molecular formula is C34H50O6. The standard InChI is InChI=1S/C34H50O6/c1-10-11-12-13-23(16-26(35)36)27-30(38)28-29(37)21(6)22(7)40-32(28)34(31(27)39,15-14-19(2)3)18-24-17-25(20(4)5)33(24,8)9/h14,21-25,38H,4,10-13,15-18H2,1-3,5-9H3,(H,35,36). The molecular weight excluding hydrogens is 504 g/mol. The highest BCUT2D eigenvalue weighted by Gasteiger charge is 2.59. The number of allylic oxidation sites excluding steroid dienone is 6. The van der Waals surface area contributed by atoms with Crippen LogP contribution < -0.4 is 0 Å². The molecule has 0 aromatic rings. The van der Waals surface area contributed by atoms with Crippen molar-refractivity contribution in [3.63, 3.8) is 0 Å². The number of unbranched alkanes of at least 4 members (excludes halogenated alkanes) is 2. The van der Waals surface area contributed by atoms with E-state index >= 15 is 0 Å². The lowest BCUT2D eigenvalue weighted by Gasteiger charge is -2.56. The Balaban J connectivity index is 2.27. The third-order valence-corrected chi connectivity index (χ3v) is 10.0. The summed E-state index contributed by atoms with van der Waals surface area (Å²) in [5.41, 5.74) is 1.05. The van der Waals surface area contributed by atoms with E-state index in [1.165, 1.54) is 0 Å².